The number of ether oxygens (including phenoxy) is 2. The highest BCUT2D eigenvalue weighted by molar-refractivity contribution is 4.58. The molecule has 0 amide bonds. The van der Waals surface area contributed by atoms with Crippen LogP contribution in [0.3, 0.4) is 0 Å². The number of rotatable bonds is 4. The van der Waals surface area contributed by atoms with Crippen LogP contribution in [0.15, 0.2) is 0 Å². The predicted molar refractivity (Wildman–Crippen MR) is 37.6 cm³/mol. The molecule has 1 saturated heterocycles. The summed E-state index contributed by atoms with van der Waals surface area (Å²) in [5, 5.41) is 0. The van der Waals surface area contributed by atoms with E-state index in [4.69, 9.17) is 19.2 Å². The standard InChI is InChI=1S/C7H14O4/c1-3-8-7(9-4-2)5-6-10-11-7/h3-6H2,1-2H3. The Kier molecular flexibility index (Phi) is 3.26. The average Bonchev–Trinajstić information content (AvgIpc) is 2.39. The molecule has 1 fully saturated rings. The van der Waals surface area contributed by atoms with E-state index in [1.54, 1.807) is 0 Å². The maximum atomic E-state index is 5.26. The van der Waals surface area contributed by atoms with Gasteiger partial charge < -0.3 is 9.47 Å². The summed E-state index contributed by atoms with van der Waals surface area (Å²) in [5.41, 5.74) is 0. The fourth-order valence-corrected chi connectivity index (χ4v) is 1.01. The highest BCUT2D eigenvalue weighted by Crippen LogP contribution is 2.25. The lowest BCUT2D eigenvalue weighted by Crippen LogP contribution is -2.35. The third-order valence-corrected chi connectivity index (χ3v) is 1.41. The molecule has 1 heterocycles. The quantitative estimate of drug-likeness (QED) is 0.457. The molecule has 0 atom stereocenters. The van der Waals surface area contributed by atoms with Gasteiger partial charge in [-0.1, -0.05) is 0 Å². The Morgan fingerprint density at radius 1 is 1.27 bits per heavy atom. The van der Waals surface area contributed by atoms with E-state index in [1.165, 1.54) is 0 Å². The number of hydrogen-bond acceptors (Lipinski definition) is 4. The van der Waals surface area contributed by atoms with E-state index < -0.39 is 5.97 Å². The molecule has 1 aliphatic heterocycles. The second-order valence-corrected chi connectivity index (χ2v) is 2.20. The van der Waals surface area contributed by atoms with Gasteiger partial charge in [-0.05, 0) is 13.8 Å². The Labute approximate surface area is 66.3 Å². The summed E-state index contributed by atoms with van der Waals surface area (Å²) in [4.78, 5) is 9.59. The molecule has 1 rings (SSSR count). The Hall–Kier alpha value is -0.160. The van der Waals surface area contributed by atoms with Crippen molar-refractivity contribution in [1.29, 1.82) is 0 Å². The first kappa shape index (κ1) is 8.93. The van der Waals surface area contributed by atoms with Crippen LogP contribution in [0.1, 0.15) is 20.3 Å². The largest absolute Gasteiger partial charge is 0.326 e. The lowest BCUT2D eigenvalue weighted by Gasteiger charge is -2.24. The molecular weight excluding hydrogens is 148 g/mol. The van der Waals surface area contributed by atoms with Crippen molar-refractivity contribution in [1.82, 2.24) is 0 Å². The zero-order valence-corrected chi connectivity index (χ0v) is 6.96. The van der Waals surface area contributed by atoms with Crippen molar-refractivity contribution < 1.29 is 19.2 Å². The van der Waals surface area contributed by atoms with Crippen molar-refractivity contribution in [2.24, 2.45) is 0 Å². The maximum Gasteiger partial charge on any atom is 0.314 e. The first-order valence-electron chi connectivity index (χ1n) is 3.91. The molecule has 4 heteroatoms. The van der Waals surface area contributed by atoms with E-state index >= 15 is 0 Å². The van der Waals surface area contributed by atoms with E-state index in [9.17, 15) is 0 Å². The molecule has 4 nitrogen and oxygen atoms in total. The van der Waals surface area contributed by atoms with E-state index in [2.05, 4.69) is 0 Å². The summed E-state index contributed by atoms with van der Waals surface area (Å²) in [7, 11) is 0. The van der Waals surface area contributed by atoms with Gasteiger partial charge in [-0.2, -0.15) is 4.89 Å². The summed E-state index contributed by atoms with van der Waals surface area (Å²) >= 11 is 0. The average molecular weight is 162 g/mol. The smallest absolute Gasteiger partial charge is 0.314 e. The van der Waals surface area contributed by atoms with Crippen LogP contribution in [0.4, 0.5) is 0 Å². The van der Waals surface area contributed by atoms with Crippen molar-refractivity contribution in [2.75, 3.05) is 19.8 Å². The SMILES string of the molecule is CCOC1(OCC)CCOO1. The third kappa shape index (κ3) is 2.13. The van der Waals surface area contributed by atoms with Gasteiger partial charge in [-0.3, -0.25) is 0 Å². The fourth-order valence-electron chi connectivity index (χ4n) is 1.01. The summed E-state index contributed by atoms with van der Waals surface area (Å²) in [6.45, 7) is 5.43. The van der Waals surface area contributed by atoms with Gasteiger partial charge in [0.15, 0.2) is 0 Å². The van der Waals surface area contributed by atoms with E-state index in [0.29, 0.717) is 26.2 Å². The van der Waals surface area contributed by atoms with Crippen molar-refractivity contribution in [2.45, 2.75) is 26.2 Å². The Balaban J connectivity index is 2.40. The number of hydrogen-bond donors (Lipinski definition) is 0. The van der Waals surface area contributed by atoms with Crippen molar-refractivity contribution >= 4 is 0 Å². The summed E-state index contributed by atoms with van der Waals surface area (Å²) in [6, 6.07) is 0. The minimum absolute atomic E-state index is 0.528. The zero-order valence-electron chi connectivity index (χ0n) is 6.96. The first-order valence-corrected chi connectivity index (χ1v) is 3.91. The van der Waals surface area contributed by atoms with Gasteiger partial charge in [-0.25, -0.2) is 4.89 Å². The molecule has 0 saturated carbocycles. The molecule has 1 aliphatic rings. The molecule has 0 unspecified atom stereocenters. The highest BCUT2D eigenvalue weighted by Gasteiger charge is 2.39. The molecule has 0 spiro atoms. The van der Waals surface area contributed by atoms with Crippen LogP contribution < -0.4 is 0 Å². The van der Waals surface area contributed by atoms with Crippen LogP contribution >= 0.6 is 0 Å². The topological polar surface area (TPSA) is 36.9 Å². The Morgan fingerprint density at radius 2 is 1.91 bits per heavy atom. The van der Waals surface area contributed by atoms with Gasteiger partial charge in [0.25, 0.3) is 0 Å². The van der Waals surface area contributed by atoms with Gasteiger partial charge in [0, 0.05) is 13.2 Å². The van der Waals surface area contributed by atoms with Crippen LogP contribution in [-0.2, 0) is 19.2 Å². The zero-order chi connectivity index (χ0) is 8.16. The first-order chi connectivity index (χ1) is 5.33. The van der Waals surface area contributed by atoms with Crippen LogP contribution in [0.2, 0.25) is 0 Å². The summed E-state index contributed by atoms with van der Waals surface area (Å²) in [6.07, 6.45) is 0.634. The minimum atomic E-state index is -0.927. The molecule has 0 radical (unpaired) electrons. The molecular formula is C7H14O4. The highest BCUT2D eigenvalue weighted by atomic mass is 17.3. The summed E-state index contributed by atoms with van der Waals surface area (Å²) in [5.74, 6) is -0.927. The van der Waals surface area contributed by atoms with Gasteiger partial charge in [0.05, 0.1) is 13.0 Å². The van der Waals surface area contributed by atoms with Crippen LogP contribution in [0.25, 0.3) is 0 Å². The maximum absolute atomic E-state index is 5.26. The second kappa shape index (κ2) is 4.01. The summed E-state index contributed by atoms with van der Waals surface area (Å²) < 4.78 is 10.5. The predicted octanol–water partition coefficient (Wildman–Crippen LogP) is 1.07. The Morgan fingerprint density at radius 3 is 2.27 bits per heavy atom. The normalized spacial score (nSPS) is 22.4. The van der Waals surface area contributed by atoms with Gasteiger partial charge in [0.1, 0.15) is 0 Å². The lowest BCUT2D eigenvalue weighted by atomic mass is 10.4. The third-order valence-electron chi connectivity index (χ3n) is 1.41. The molecule has 0 aliphatic carbocycles. The van der Waals surface area contributed by atoms with E-state index in [-0.39, 0.29) is 0 Å². The van der Waals surface area contributed by atoms with Crippen molar-refractivity contribution in [3.05, 3.63) is 0 Å². The van der Waals surface area contributed by atoms with Crippen molar-refractivity contribution in [3.63, 3.8) is 0 Å². The fraction of sp³-hybridized carbons (Fsp3) is 1.00. The van der Waals surface area contributed by atoms with Gasteiger partial charge in [0.2, 0.25) is 0 Å². The molecule has 66 valence electrons. The monoisotopic (exact) mass is 162 g/mol. The second-order valence-electron chi connectivity index (χ2n) is 2.20. The Bertz CT molecular complexity index is 101. The molecule has 11 heavy (non-hydrogen) atoms. The molecule has 0 bridgehead atoms. The lowest BCUT2D eigenvalue weighted by molar-refractivity contribution is -0.462. The van der Waals surface area contributed by atoms with Crippen molar-refractivity contribution in [3.8, 4) is 0 Å². The molecule has 0 aromatic rings. The van der Waals surface area contributed by atoms with E-state index in [1.807, 2.05) is 13.8 Å². The van der Waals surface area contributed by atoms with Crippen LogP contribution in [0, 0.1) is 0 Å². The van der Waals surface area contributed by atoms with Gasteiger partial charge in [-0.15, -0.1) is 0 Å². The minimum Gasteiger partial charge on any atom is -0.326 e. The van der Waals surface area contributed by atoms with Crippen LogP contribution in [0.5, 0.6) is 0 Å². The molecule has 0 aromatic carbocycles. The van der Waals surface area contributed by atoms with E-state index in [0.717, 1.165) is 0 Å². The van der Waals surface area contributed by atoms with Crippen LogP contribution in [-0.4, -0.2) is 25.8 Å². The molecule has 0 aromatic heterocycles. The molecule has 0 N–H and O–H groups in total. The van der Waals surface area contributed by atoms with Gasteiger partial charge >= 0.3 is 5.97 Å².